The van der Waals surface area contributed by atoms with Crippen LogP contribution in [0.15, 0.2) is 47.8 Å². The van der Waals surface area contributed by atoms with Crippen LogP contribution >= 0.6 is 11.3 Å². The average molecular weight is 257 g/mol. The predicted octanol–water partition coefficient (Wildman–Crippen LogP) is 4.23. The average Bonchev–Trinajstić information content (AvgIpc) is 3.13. The van der Waals surface area contributed by atoms with Crippen LogP contribution in [0.4, 0.5) is 0 Å². The minimum atomic E-state index is 0.349. The lowest BCUT2D eigenvalue weighted by Crippen LogP contribution is -2.32. The van der Waals surface area contributed by atoms with E-state index in [4.69, 9.17) is 0 Å². The van der Waals surface area contributed by atoms with Crippen molar-refractivity contribution in [3.63, 3.8) is 0 Å². The van der Waals surface area contributed by atoms with Crippen LogP contribution in [0.1, 0.15) is 36.2 Å². The third kappa shape index (κ3) is 2.65. The maximum absolute atomic E-state index is 3.81. The molecule has 0 radical (unpaired) electrons. The molecular weight excluding hydrogens is 238 g/mol. The fourth-order valence-electron chi connectivity index (χ4n) is 2.44. The van der Waals surface area contributed by atoms with Crippen molar-refractivity contribution in [3.05, 3.63) is 58.3 Å². The number of hydrogen-bond acceptors (Lipinski definition) is 2. The zero-order valence-electron chi connectivity index (χ0n) is 10.7. The zero-order chi connectivity index (χ0) is 12.4. The summed E-state index contributed by atoms with van der Waals surface area (Å²) in [4.78, 5) is 1.41. The van der Waals surface area contributed by atoms with Gasteiger partial charge >= 0.3 is 0 Å². The van der Waals surface area contributed by atoms with E-state index in [9.17, 15) is 0 Å². The topological polar surface area (TPSA) is 12.0 Å². The van der Waals surface area contributed by atoms with Gasteiger partial charge < -0.3 is 5.32 Å². The molecule has 2 unspecified atom stereocenters. The number of rotatable bonds is 5. The second-order valence-electron chi connectivity index (χ2n) is 5.15. The second-order valence-corrected chi connectivity index (χ2v) is 6.13. The van der Waals surface area contributed by atoms with Crippen molar-refractivity contribution >= 4 is 11.3 Å². The van der Waals surface area contributed by atoms with Gasteiger partial charge in [0.2, 0.25) is 0 Å². The van der Waals surface area contributed by atoms with E-state index in [0.717, 1.165) is 5.92 Å². The lowest BCUT2D eigenvalue weighted by molar-refractivity contribution is 0.460. The van der Waals surface area contributed by atoms with Crippen molar-refractivity contribution in [1.29, 1.82) is 0 Å². The van der Waals surface area contributed by atoms with Crippen LogP contribution in [0, 0.1) is 5.92 Å². The Hall–Kier alpha value is -1.12. The summed E-state index contributed by atoms with van der Waals surface area (Å²) in [5.74, 6) is 0.885. The van der Waals surface area contributed by atoms with Crippen molar-refractivity contribution in [2.45, 2.75) is 31.8 Å². The predicted molar refractivity (Wildman–Crippen MR) is 77.9 cm³/mol. The Morgan fingerprint density at radius 2 is 1.89 bits per heavy atom. The smallest absolute Gasteiger partial charge is 0.0673 e. The Morgan fingerprint density at radius 3 is 2.50 bits per heavy atom. The fourth-order valence-corrected chi connectivity index (χ4v) is 3.25. The third-order valence-electron chi connectivity index (χ3n) is 3.72. The standard InChI is InChI=1S/C16H19NS/c1-12(13-9-10-13)17-16(15-8-5-11-18-15)14-6-3-2-4-7-14/h2-8,11-13,16-17H,9-10H2,1H3. The monoisotopic (exact) mass is 257 g/mol. The molecule has 2 aromatic rings. The molecule has 3 rings (SSSR count). The highest BCUT2D eigenvalue weighted by atomic mass is 32.1. The molecule has 2 heteroatoms. The SMILES string of the molecule is CC(NC(c1ccccc1)c1cccs1)C1CC1. The Kier molecular flexibility index (Phi) is 3.48. The quantitative estimate of drug-likeness (QED) is 0.845. The summed E-state index contributed by atoms with van der Waals surface area (Å²) < 4.78 is 0. The summed E-state index contributed by atoms with van der Waals surface area (Å²) in [5, 5.41) is 5.97. The lowest BCUT2D eigenvalue weighted by Gasteiger charge is -2.23. The van der Waals surface area contributed by atoms with Crippen molar-refractivity contribution in [1.82, 2.24) is 5.32 Å². The van der Waals surface area contributed by atoms with E-state index in [-0.39, 0.29) is 0 Å². The van der Waals surface area contributed by atoms with E-state index in [1.807, 2.05) is 11.3 Å². The van der Waals surface area contributed by atoms with E-state index in [2.05, 4.69) is 60.1 Å². The number of nitrogens with one attached hydrogen (secondary N) is 1. The van der Waals surface area contributed by atoms with Gasteiger partial charge in [-0.05, 0) is 42.7 Å². The molecule has 1 heterocycles. The van der Waals surface area contributed by atoms with Crippen LogP contribution in [0.25, 0.3) is 0 Å². The van der Waals surface area contributed by atoms with Crippen molar-refractivity contribution in [2.24, 2.45) is 5.92 Å². The maximum atomic E-state index is 3.81. The molecule has 0 aliphatic heterocycles. The summed E-state index contributed by atoms with van der Waals surface area (Å²) in [7, 11) is 0. The van der Waals surface area contributed by atoms with Crippen molar-refractivity contribution < 1.29 is 0 Å². The van der Waals surface area contributed by atoms with Crippen molar-refractivity contribution in [2.75, 3.05) is 0 Å². The number of benzene rings is 1. The molecule has 2 atom stereocenters. The molecule has 1 saturated carbocycles. The highest BCUT2D eigenvalue weighted by Crippen LogP contribution is 2.35. The summed E-state index contributed by atoms with van der Waals surface area (Å²) in [6.07, 6.45) is 2.78. The van der Waals surface area contributed by atoms with E-state index in [1.54, 1.807) is 0 Å². The molecule has 1 aromatic carbocycles. The highest BCUT2D eigenvalue weighted by molar-refractivity contribution is 7.10. The first-order valence-corrected chi connectivity index (χ1v) is 7.57. The fraction of sp³-hybridized carbons (Fsp3) is 0.375. The van der Waals surface area contributed by atoms with Gasteiger partial charge in [0.15, 0.2) is 0 Å². The van der Waals surface area contributed by atoms with Crippen LogP contribution < -0.4 is 5.32 Å². The largest absolute Gasteiger partial charge is 0.303 e. The van der Waals surface area contributed by atoms with Gasteiger partial charge in [-0.3, -0.25) is 0 Å². The van der Waals surface area contributed by atoms with Crippen molar-refractivity contribution in [3.8, 4) is 0 Å². The molecular formula is C16H19NS. The summed E-state index contributed by atoms with van der Waals surface area (Å²) in [6, 6.07) is 16.1. The molecule has 0 saturated heterocycles. The number of thiophene rings is 1. The first kappa shape index (κ1) is 11.9. The van der Waals surface area contributed by atoms with Crippen LogP contribution in [0.2, 0.25) is 0 Å². The Morgan fingerprint density at radius 1 is 1.11 bits per heavy atom. The first-order chi connectivity index (χ1) is 8.84. The van der Waals surface area contributed by atoms with Gasteiger partial charge in [0.25, 0.3) is 0 Å². The maximum Gasteiger partial charge on any atom is 0.0673 e. The first-order valence-electron chi connectivity index (χ1n) is 6.69. The minimum absolute atomic E-state index is 0.349. The Balaban J connectivity index is 1.84. The van der Waals surface area contributed by atoms with Gasteiger partial charge in [0, 0.05) is 10.9 Å². The van der Waals surface area contributed by atoms with Crippen LogP contribution in [0.3, 0.4) is 0 Å². The van der Waals surface area contributed by atoms with E-state index < -0.39 is 0 Å². The Bertz CT molecular complexity index is 473. The van der Waals surface area contributed by atoms with Gasteiger partial charge in [-0.15, -0.1) is 11.3 Å². The number of hydrogen-bond donors (Lipinski definition) is 1. The van der Waals surface area contributed by atoms with E-state index in [0.29, 0.717) is 12.1 Å². The summed E-state index contributed by atoms with van der Waals surface area (Å²) in [5.41, 5.74) is 1.37. The molecule has 0 amide bonds. The molecule has 1 aromatic heterocycles. The van der Waals surface area contributed by atoms with Gasteiger partial charge in [-0.25, -0.2) is 0 Å². The van der Waals surface area contributed by atoms with Gasteiger partial charge in [-0.2, -0.15) is 0 Å². The normalized spacial score (nSPS) is 18.5. The van der Waals surface area contributed by atoms with Crippen LogP contribution in [-0.2, 0) is 0 Å². The lowest BCUT2D eigenvalue weighted by atomic mass is 10.0. The summed E-state index contributed by atoms with van der Waals surface area (Å²) in [6.45, 7) is 2.32. The van der Waals surface area contributed by atoms with Crippen LogP contribution in [0.5, 0.6) is 0 Å². The zero-order valence-corrected chi connectivity index (χ0v) is 11.5. The highest BCUT2D eigenvalue weighted by Gasteiger charge is 2.30. The molecule has 18 heavy (non-hydrogen) atoms. The van der Waals surface area contributed by atoms with E-state index >= 15 is 0 Å². The molecule has 1 fully saturated rings. The molecule has 0 bridgehead atoms. The van der Waals surface area contributed by atoms with E-state index in [1.165, 1.54) is 23.3 Å². The summed E-state index contributed by atoms with van der Waals surface area (Å²) >= 11 is 1.84. The minimum Gasteiger partial charge on any atom is -0.303 e. The molecule has 1 N–H and O–H groups in total. The molecule has 0 spiro atoms. The molecule has 94 valence electrons. The second kappa shape index (κ2) is 5.25. The third-order valence-corrected chi connectivity index (χ3v) is 4.66. The van der Waals surface area contributed by atoms with Gasteiger partial charge in [0.1, 0.15) is 0 Å². The molecule has 1 aliphatic rings. The van der Waals surface area contributed by atoms with Gasteiger partial charge in [0.05, 0.1) is 6.04 Å². The molecule has 1 nitrogen and oxygen atoms in total. The molecule has 1 aliphatic carbocycles. The van der Waals surface area contributed by atoms with Gasteiger partial charge in [-0.1, -0.05) is 36.4 Å². The van der Waals surface area contributed by atoms with Crippen LogP contribution in [-0.4, -0.2) is 6.04 Å². The Labute approximate surface area is 113 Å².